The van der Waals surface area contributed by atoms with Gasteiger partial charge in [-0.3, -0.25) is 0 Å². The second-order valence-corrected chi connectivity index (χ2v) is 5.55. The maximum absolute atomic E-state index is 6.17. The number of halogens is 1. The molecule has 0 radical (unpaired) electrons. The zero-order chi connectivity index (χ0) is 14.4. The van der Waals surface area contributed by atoms with Crippen molar-refractivity contribution in [2.45, 2.75) is 13.0 Å². The van der Waals surface area contributed by atoms with Gasteiger partial charge in [-0.25, -0.2) is 4.98 Å². The number of methoxy groups -OCH3 is 2. The van der Waals surface area contributed by atoms with Crippen molar-refractivity contribution < 1.29 is 9.47 Å². The number of nitrogens with zero attached hydrogens (tertiary/aromatic N) is 1. The number of hydrogen-bond acceptors (Lipinski definition) is 5. The van der Waals surface area contributed by atoms with Gasteiger partial charge in [0.1, 0.15) is 0 Å². The Morgan fingerprint density at radius 1 is 1.30 bits per heavy atom. The summed E-state index contributed by atoms with van der Waals surface area (Å²) in [5, 5.41) is 7.06. The van der Waals surface area contributed by atoms with Crippen molar-refractivity contribution in [1.29, 1.82) is 0 Å². The molecule has 1 aromatic carbocycles. The summed E-state index contributed by atoms with van der Waals surface area (Å²) >= 11 is 7.84. The predicted octanol–water partition coefficient (Wildman–Crippen LogP) is 3.15. The second kappa shape index (κ2) is 7.47. The van der Waals surface area contributed by atoms with Crippen LogP contribution < -0.4 is 14.8 Å². The van der Waals surface area contributed by atoms with E-state index in [0.29, 0.717) is 16.5 Å². The standard InChI is InChI=1S/C14H17ClN2O2S/c1-18-12-8-10(7-11(15)14(12)19-2)9-16-4-3-13-17-5-6-20-13/h5-8,16H,3-4,9H2,1-2H3. The Morgan fingerprint density at radius 3 is 2.80 bits per heavy atom. The van der Waals surface area contributed by atoms with E-state index in [1.807, 2.05) is 23.7 Å². The summed E-state index contributed by atoms with van der Waals surface area (Å²) in [6, 6.07) is 3.82. The predicted molar refractivity (Wildman–Crippen MR) is 82.1 cm³/mol. The third-order valence-corrected chi connectivity index (χ3v) is 3.94. The molecule has 0 saturated carbocycles. The number of hydrogen-bond donors (Lipinski definition) is 1. The summed E-state index contributed by atoms with van der Waals surface area (Å²) < 4.78 is 10.5. The van der Waals surface area contributed by atoms with E-state index in [2.05, 4.69) is 10.3 Å². The molecule has 6 heteroatoms. The Morgan fingerprint density at radius 2 is 2.15 bits per heavy atom. The molecule has 1 aromatic heterocycles. The molecular weight excluding hydrogens is 296 g/mol. The lowest BCUT2D eigenvalue weighted by Gasteiger charge is -2.12. The summed E-state index contributed by atoms with van der Waals surface area (Å²) in [7, 11) is 3.18. The molecule has 0 aliphatic heterocycles. The first kappa shape index (κ1) is 15.1. The molecule has 4 nitrogen and oxygen atoms in total. The fourth-order valence-electron chi connectivity index (χ4n) is 1.88. The van der Waals surface area contributed by atoms with E-state index in [4.69, 9.17) is 21.1 Å². The normalized spacial score (nSPS) is 10.6. The molecule has 2 rings (SSSR count). The zero-order valence-electron chi connectivity index (χ0n) is 11.5. The molecule has 0 fully saturated rings. The van der Waals surface area contributed by atoms with E-state index in [-0.39, 0.29) is 0 Å². The maximum Gasteiger partial charge on any atom is 0.179 e. The molecule has 0 bridgehead atoms. The molecule has 20 heavy (non-hydrogen) atoms. The Balaban J connectivity index is 1.91. The van der Waals surface area contributed by atoms with Gasteiger partial charge in [-0.2, -0.15) is 0 Å². The van der Waals surface area contributed by atoms with Gasteiger partial charge in [0, 0.05) is 31.1 Å². The van der Waals surface area contributed by atoms with Crippen LogP contribution in [0.3, 0.4) is 0 Å². The van der Waals surface area contributed by atoms with Crippen LogP contribution in [0.15, 0.2) is 23.7 Å². The molecule has 0 atom stereocenters. The highest BCUT2D eigenvalue weighted by atomic mass is 35.5. The van der Waals surface area contributed by atoms with Gasteiger partial charge in [0.15, 0.2) is 11.5 Å². The largest absolute Gasteiger partial charge is 0.493 e. The van der Waals surface area contributed by atoms with Gasteiger partial charge in [-0.1, -0.05) is 11.6 Å². The van der Waals surface area contributed by atoms with Crippen molar-refractivity contribution in [3.8, 4) is 11.5 Å². The summed E-state index contributed by atoms with van der Waals surface area (Å²) in [5.74, 6) is 1.22. The molecule has 1 heterocycles. The van der Waals surface area contributed by atoms with E-state index in [1.54, 1.807) is 25.6 Å². The van der Waals surface area contributed by atoms with Crippen molar-refractivity contribution >= 4 is 22.9 Å². The fraction of sp³-hybridized carbons (Fsp3) is 0.357. The smallest absolute Gasteiger partial charge is 0.179 e. The average molecular weight is 313 g/mol. The van der Waals surface area contributed by atoms with Gasteiger partial charge in [0.2, 0.25) is 0 Å². The molecule has 0 aliphatic carbocycles. The summed E-state index contributed by atoms with van der Waals surface area (Å²) in [6.45, 7) is 1.60. The van der Waals surface area contributed by atoms with E-state index in [9.17, 15) is 0 Å². The zero-order valence-corrected chi connectivity index (χ0v) is 13.1. The van der Waals surface area contributed by atoms with Crippen LogP contribution in [0.2, 0.25) is 5.02 Å². The summed E-state index contributed by atoms with van der Waals surface area (Å²) in [4.78, 5) is 4.25. The lowest BCUT2D eigenvalue weighted by atomic mass is 10.2. The SMILES string of the molecule is COc1cc(CNCCc2nccs2)cc(Cl)c1OC. The highest BCUT2D eigenvalue weighted by molar-refractivity contribution is 7.09. The molecule has 108 valence electrons. The van der Waals surface area contributed by atoms with Crippen molar-refractivity contribution in [3.05, 3.63) is 39.3 Å². The molecule has 0 aliphatic rings. The van der Waals surface area contributed by atoms with Crippen molar-refractivity contribution in [3.63, 3.8) is 0 Å². The van der Waals surface area contributed by atoms with Crippen LogP contribution in [0.4, 0.5) is 0 Å². The Hall–Kier alpha value is -1.30. The second-order valence-electron chi connectivity index (χ2n) is 4.17. The number of thiazole rings is 1. The minimum absolute atomic E-state index is 0.559. The molecule has 1 N–H and O–H groups in total. The first-order chi connectivity index (χ1) is 9.74. The molecule has 0 spiro atoms. The number of aromatic nitrogens is 1. The van der Waals surface area contributed by atoms with Gasteiger partial charge < -0.3 is 14.8 Å². The Bertz CT molecular complexity index is 546. The first-order valence-corrected chi connectivity index (χ1v) is 7.50. The van der Waals surface area contributed by atoms with E-state index in [0.717, 1.165) is 30.1 Å². The van der Waals surface area contributed by atoms with Gasteiger partial charge in [0.25, 0.3) is 0 Å². The van der Waals surface area contributed by atoms with Crippen molar-refractivity contribution in [1.82, 2.24) is 10.3 Å². The van der Waals surface area contributed by atoms with Crippen LogP contribution in [0.1, 0.15) is 10.6 Å². The van der Waals surface area contributed by atoms with Gasteiger partial charge in [0.05, 0.1) is 24.2 Å². The van der Waals surface area contributed by atoms with Crippen LogP contribution in [-0.2, 0) is 13.0 Å². The topological polar surface area (TPSA) is 43.4 Å². The molecule has 2 aromatic rings. The third-order valence-electron chi connectivity index (χ3n) is 2.82. The maximum atomic E-state index is 6.17. The minimum Gasteiger partial charge on any atom is -0.493 e. The lowest BCUT2D eigenvalue weighted by Crippen LogP contribution is -2.16. The average Bonchev–Trinajstić information content (AvgIpc) is 2.96. The third kappa shape index (κ3) is 3.85. The summed E-state index contributed by atoms with van der Waals surface area (Å²) in [5.41, 5.74) is 1.06. The van der Waals surface area contributed by atoms with Gasteiger partial charge in [-0.05, 0) is 17.7 Å². The minimum atomic E-state index is 0.559. The number of ether oxygens (including phenoxy) is 2. The van der Waals surface area contributed by atoms with Crippen molar-refractivity contribution in [2.24, 2.45) is 0 Å². The van der Waals surface area contributed by atoms with Crippen LogP contribution in [0, 0.1) is 0 Å². The monoisotopic (exact) mass is 312 g/mol. The molecule has 0 amide bonds. The van der Waals surface area contributed by atoms with Crippen molar-refractivity contribution in [2.75, 3.05) is 20.8 Å². The van der Waals surface area contributed by atoms with Crippen LogP contribution >= 0.6 is 22.9 Å². The Kier molecular flexibility index (Phi) is 5.64. The highest BCUT2D eigenvalue weighted by Crippen LogP contribution is 2.35. The van der Waals surface area contributed by atoms with Crippen LogP contribution in [-0.4, -0.2) is 25.7 Å². The van der Waals surface area contributed by atoms with Crippen LogP contribution in [0.5, 0.6) is 11.5 Å². The fourth-order valence-corrected chi connectivity index (χ4v) is 2.81. The van der Waals surface area contributed by atoms with E-state index >= 15 is 0 Å². The molecular formula is C14H17ClN2O2S. The van der Waals surface area contributed by atoms with Gasteiger partial charge in [-0.15, -0.1) is 11.3 Å². The summed E-state index contributed by atoms with van der Waals surface area (Å²) in [6.07, 6.45) is 2.76. The number of nitrogens with one attached hydrogen (secondary N) is 1. The van der Waals surface area contributed by atoms with Crippen LogP contribution in [0.25, 0.3) is 0 Å². The number of benzene rings is 1. The first-order valence-electron chi connectivity index (χ1n) is 6.24. The number of rotatable bonds is 7. The lowest BCUT2D eigenvalue weighted by molar-refractivity contribution is 0.354. The Labute approximate surface area is 127 Å². The van der Waals surface area contributed by atoms with E-state index < -0.39 is 0 Å². The quantitative estimate of drug-likeness (QED) is 0.798. The molecule has 0 saturated heterocycles. The molecule has 0 unspecified atom stereocenters. The van der Waals surface area contributed by atoms with E-state index in [1.165, 1.54) is 0 Å². The van der Waals surface area contributed by atoms with Gasteiger partial charge >= 0.3 is 0 Å². The highest BCUT2D eigenvalue weighted by Gasteiger charge is 2.10.